The van der Waals surface area contributed by atoms with Crippen LogP contribution in [0.3, 0.4) is 0 Å². The van der Waals surface area contributed by atoms with Crippen LogP contribution in [-0.2, 0) is 6.54 Å². The van der Waals surface area contributed by atoms with Gasteiger partial charge in [-0.3, -0.25) is 9.36 Å². The Morgan fingerprint density at radius 2 is 2.00 bits per heavy atom. The van der Waals surface area contributed by atoms with Crippen molar-refractivity contribution in [1.82, 2.24) is 14.5 Å². The van der Waals surface area contributed by atoms with Gasteiger partial charge in [-0.05, 0) is 35.7 Å². The number of thiophene rings is 1. The number of hydrogen-bond acceptors (Lipinski definition) is 5. The Morgan fingerprint density at radius 1 is 1.17 bits per heavy atom. The lowest BCUT2D eigenvalue weighted by Crippen LogP contribution is -2.20. The summed E-state index contributed by atoms with van der Waals surface area (Å²) in [7, 11) is 0. The quantitative estimate of drug-likeness (QED) is 0.567. The van der Waals surface area contributed by atoms with E-state index in [4.69, 9.17) is 16.0 Å². The van der Waals surface area contributed by atoms with Crippen LogP contribution < -0.4 is 5.56 Å². The maximum Gasteiger partial charge on any atom is 0.271 e. The van der Waals surface area contributed by atoms with Crippen LogP contribution in [0.5, 0.6) is 0 Å². The lowest BCUT2D eigenvalue weighted by atomic mass is 10.2. The van der Waals surface area contributed by atoms with Crippen molar-refractivity contribution in [3.05, 3.63) is 69.5 Å². The third kappa shape index (κ3) is 2.67. The summed E-state index contributed by atoms with van der Waals surface area (Å²) >= 11 is 7.26. The molecule has 0 radical (unpaired) electrons. The van der Waals surface area contributed by atoms with E-state index in [0.29, 0.717) is 26.9 Å². The number of benzene rings is 1. The van der Waals surface area contributed by atoms with E-state index in [-0.39, 0.29) is 12.1 Å². The second kappa shape index (κ2) is 5.64. The number of nitrogens with zero attached hydrogens (tertiary/aromatic N) is 3. The van der Waals surface area contributed by atoms with Gasteiger partial charge in [0.25, 0.3) is 5.56 Å². The maximum absolute atomic E-state index is 12.4. The van der Waals surface area contributed by atoms with Gasteiger partial charge in [-0.2, -0.15) is 0 Å². The van der Waals surface area contributed by atoms with Crippen molar-refractivity contribution >= 4 is 33.2 Å². The summed E-state index contributed by atoms with van der Waals surface area (Å²) in [6.07, 6.45) is 3.16. The number of oxazole rings is 1. The summed E-state index contributed by atoms with van der Waals surface area (Å²) in [4.78, 5) is 20.9. The van der Waals surface area contributed by atoms with E-state index in [1.807, 2.05) is 23.6 Å². The molecule has 23 heavy (non-hydrogen) atoms. The van der Waals surface area contributed by atoms with Gasteiger partial charge in [-0.25, -0.2) is 9.97 Å². The van der Waals surface area contributed by atoms with Crippen molar-refractivity contribution < 1.29 is 4.42 Å². The van der Waals surface area contributed by atoms with Crippen molar-refractivity contribution in [3.63, 3.8) is 0 Å². The highest BCUT2D eigenvalue weighted by atomic mass is 35.5. The smallest absolute Gasteiger partial charge is 0.271 e. The summed E-state index contributed by atoms with van der Waals surface area (Å²) in [5.74, 6) is 1.09. The predicted molar refractivity (Wildman–Crippen MR) is 89.9 cm³/mol. The van der Waals surface area contributed by atoms with Crippen molar-refractivity contribution in [3.8, 4) is 11.3 Å². The topological polar surface area (TPSA) is 60.9 Å². The minimum absolute atomic E-state index is 0.0868. The highest BCUT2D eigenvalue weighted by molar-refractivity contribution is 7.17. The summed E-state index contributed by atoms with van der Waals surface area (Å²) in [5.41, 5.74) is 1.51. The molecule has 0 amide bonds. The Morgan fingerprint density at radius 3 is 2.83 bits per heavy atom. The molecule has 0 bridgehead atoms. The molecule has 0 aliphatic carbocycles. The lowest BCUT2D eigenvalue weighted by molar-refractivity contribution is 0.484. The fourth-order valence-corrected chi connectivity index (χ4v) is 3.19. The predicted octanol–water partition coefficient (Wildman–Crippen LogP) is 3.81. The van der Waals surface area contributed by atoms with Gasteiger partial charge in [0, 0.05) is 10.6 Å². The summed E-state index contributed by atoms with van der Waals surface area (Å²) < 4.78 is 7.86. The SMILES string of the molecule is O=c1c2sccc2ncn1Cc1ncc(-c2ccc(Cl)cc2)o1. The molecule has 0 spiro atoms. The lowest BCUT2D eigenvalue weighted by Gasteiger charge is -2.01. The molecule has 0 aliphatic rings. The number of hydrogen-bond donors (Lipinski definition) is 0. The van der Waals surface area contributed by atoms with Gasteiger partial charge in [0.2, 0.25) is 5.89 Å². The molecule has 3 aromatic heterocycles. The van der Waals surface area contributed by atoms with Gasteiger partial charge in [0.1, 0.15) is 11.2 Å². The number of fused-ring (bicyclic) bond motifs is 1. The Bertz CT molecular complexity index is 1030. The third-order valence-electron chi connectivity index (χ3n) is 3.42. The molecule has 4 aromatic rings. The van der Waals surface area contributed by atoms with Gasteiger partial charge in [-0.15, -0.1) is 11.3 Å². The average molecular weight is 344 g/mol. The average Bonchev–Trinajstić information content (AvgIpc) is 3.20. The summed E-state index contributed by atoms with van der Waals surface area (Å²) in [6.45, 7) is 0.243. The molecule has 5 nitrogen and oxygen atoms in total. The highest BCUT2D eigenvalue weighted by Crippen LogP contribution is 2.22. The molecule has 0 atom stereocenters. The van der Waals surface area contributed by atoms with Crippen molar-refractivity contribution in [2.24, 2.45) is 0 Å². The van der Waals surface area contributed by atoms with Crippen LogP contribution in [0.15, 0.2) is 57.4 Å². The third-order valence-corrected chi connectivity index (χ3v) is 4.57. The molecule has 4 rings (SSSR count). The molecule has 0 saturated carbocycles. The van der Waals surface area contributed by atoms with Gasteiger partial charge in [0.15, 0.2) is 5.76 Å². The summed E-state index contributed by atoms with van der Waals surface area (Å²) in [6, 6.07) is 9.13. The van der Waals surface area contributed by atoms with Crippen LogP contribution in [0.1, 0.15) is 5.89 Å². The van der Waals surface area contributed by atoms with Crippen molar-refractivity contribution in [2.45, 2.75) is 6.54 Å². The molecule has 0 aliphatic heterocycles. The van der Waals surface area contributed by atoms with Gasteiger partial charge in [0.05, 0.1) is 18.0 Å². The van der Waals surface area contributed by atoms with Crippen LogP contribution >= 0.6 is 22.9 Å². The first-order chi connectivity index (χ1) is 11.2. The molecular weight excluding hydrogens is 334 g/mol. The van der Waals surface area contributed by atoms with Crippen LogP contribution in [0.4, 0.5) is 0 Å². The first kappa shape index (κ1) is 14.2. The Balaban J connectivity index is 1.65. The molecule has 0 saturated heterocycles. The van der Waals surface area contributed by atoms with E-state index in [9.17, 15) is 4.79 Å². The molecule has 7 heteroatoms. The van der Waals surface area contributed by atoms with Crippen molar-refractivity contribution in [1.29, 1.82) is 0 Å². The first-order valence-electron chi connectivity index (χ1n) is 6.84. The monoisotopic (exact) mass is 343 g/mol. The summed E-state index contributed by atoms with van der Waals surface area (Å²) in [5, 5.41) is 2.52. The minimum atomic E-state index is -0.0868. The number of rotatable bonds is 3. The zero-order valence-electron chi connectivity index (χ0n) is 11.8. The van der Waals surface area contributed by atoms with E-state index in [1.54, 1.807) is 18.3 Å². The molecule has 0 unspecified atom stereocenters. The van der Waals surface area contributed by atoms with Crippen LogP contribution in [0, 0.1) is 0 Å². The zero-order chi connectivity index (χ0) is 15.8. The molecule has 1 aromatic carbocycles. The second-order valence-corrected chi connectivity index (χ2v) is 6.29. The molecular formula is C16H10ClN3O2S. The Labute approximate surface area is 139 Å². The van der Waals surface area contributed by atoms with Crippen LogP contribution in [-0.4, -0.2) is 14.5 Å². The molecule has 114 valence electrons. The number of aromatic nitrogens is 3. The molecule has 0 fully saturated rings. The molecule has 3 heterocycles. The Hall–Kier alpha value is -2.44. The standard InChI is InChI=1S/C16H10ClN3O2S/c17-11-3-1-10(2-4-11)13-7-18-14(22-13)8-20-9-19-12-5-6-23-15(12)16(20)21/h1-7,9H,8H2. The Kier molecular flexibility index (Phi) is 3.48. The minimum Gasteiger partial charge on any atom is -0.439 e. The van der Waals surface area contributed by atoms with E-state index in [1.165, 1.54) is 22.2 Å². The normalized spacial score (nSPS) is 11.2. The highest BCUT2D eigenvalue weighted by Gasteiger charge is 2.10. The van der Waals surface area contributed by atoms with E-state index in [0.717, 1.165) is 5.56 Å². The van der Waals surface area contributed by atoms with Crippen molar-refractivity contribution in [2.75, 3.05) is 0 Å². The van der Waals surface area contributed by atoms with E-state index < -0.39 is 0 Å². The second-order valence-electron chi connectivity index (χ2n) is 4.94. The van der Waals surface area contributed by atoms with Crippen LogP contribution in [0.25, 0.3) is 21.5 Å². The largest absolute Gasteiger partial charge is 0.439 e. The molecule has 0 N–H and O–H groups in total. The zero-order valence-corrected chi connectivity index (χ0v) is 13.3. The van der Waals surface area contributed by atoms with Crippen LogP contribution in [0.2, 0.25) is 5.02 Å². The van der Waals surface area contributed by atoms with Gasteiger partial charge in [-0.1, -0.05) is 11.6 Å². The fraction of sp³-hybridized carbons (Fsp3) is 0.0625. The first-order valence-corrected chi connectivity index (χ1v) is 8.10. The fourth-order valence-electron chi connectivity index (χ4n) is 2.27. The van der Waals surface area contributed by atoms with E-state index >= 15 is 0 Å². The van der Waals surface area contributed by atoms with Gasteiger partial charge < -0.3 is 4.42 Å². The van der Waals surface area contributed by atoms with Gasteiger partial charge >= 0.3 is 0 Å². The van der Waals surface area contributed by atoms with E-state index in [2.05, 4.69) is 9.97 Å². The maximum atomic E-state index is 12.4. The number of halogens is 1.